The number of nitrogens with one attached hydrogen (secondary N) is 1. The van der Waals surface area contributed by atoms with Gasteiger partial charge in [0.2, 0.25) is 0 Å². The van der Waals surface area contributed by atoms with E-state index in [2.05, 4.69) is 10.3 Å². The lowest BCUT2D eigenvalue weighted by Crippen LogP contribution is -2.16. The van der Waals surface area contributed by atoms with Crippen molar-refractivity contribution in [2.75, 3.05) is 11.1 Å². The van der Waals surface area contributed by atoms with Gasteiger partial charge in [-0.05, 0) is 18.2 Å². The van der Waals surface area contributed by atoms with E-state index < -0.39 is 29.1 Å². The summed E-state index contributed by atoms with van der Waals surface area (Å²) in [5, 5.41) is 11.1. The molecule has 0 radical (unpaired) electrons. The molecule has 0 atom stereocenters. The lowest BCUT2D eigenvalue weighted by molar-refractivity contribution is 0.0697. The first-order valence-electron chi connectivity index (χ1n) is 5.63. The van der Waals surface area contributed by atoms with Gasteiger partial charge >= 0.3 is 5.97 Å². The molecule has 2 rings (SSSR count). The molecule has 2 aromatic rings. The number of aromatic carboxylic acids is 1. The van der Waals surface area contributed by atoms with E-state index in [1.807, 2.05) is 0 Å². The van der Waals surface area contributed by atoms with Gasteiger partial charge in [0.25, 0.3) is 5.91 Å². The molecule has 21 heavy (non-hydrogen) atoms. The normalized spacial score (nSPS) is 10.2. The van der Waals surface area contributed by atoms with Gasteiger partial charge in [-0.25, -0.2) is 18.6 Å². The third kappa shape index (κ3) is 3.11. The summed E-state index contributed by atoms with van der Waals surface area (Å²) in [5.74, 6) is -4.88. The first-order valence-corrected chi connectivity index (χ1v) is 5.63. The molecule has 0 saturated heterocycles. The van der Waals surface area contributed by atoms with Crippen molar-refractivity contribution in [3.05, 3.63) is 53.4 Å². The maximum Gasteiger partial charge on any atom is 0.337 e. The van der Waals surface area contributed by atoms with E-state index in [-0.39, 0.29) is 11.4 Å². The van der Waals surface area contributed by atoms with Gasteiger partial charge in [-0.1, -0.05) is 0 Å². The van der Waals surface area contributed by atoms with Crippen LogP contribution >= 0.6 is 0 Å². The maximum absolute atomic E-state index is 13.2. The number of aromatic nitrogens is 1. The molecule has 0 fully saturated rings. The monoisotopic (exact) mass is 293 g/mol. The van der Waals surface area contributed by atoms with E-state index in [9.17, 15) is 18.4 Å². The van der Waals surface area contributed by atoms with E-state index in [0.29, 0.717) is 17.8 Å². The Morgan fingerprint density at radius 3 is 2.43 bits per heavy atom. The van der Waals surface area contributed by atoms with Gasteiger partial charge in [0.15, 0.2) is 11.6 Å². The molecule has 0 saturated carbocycles. The van der Waals surface area contributed by atoms with Crippen molar-refractivity contribution in [3.8, 4) is 0 Å². The van der Waals surface area contributed by atoms with Crippen LogP contribution in [0.1, 0.15) is 20.8 Å². The number of carboxylic acids is 1. The Morgan fingerprint density at radius 2 is 1.86 bits per heavy atom. The van der Waals surface area contributed by atoms with E-state index in [1.165, 1.54) is 18.3 Å². The van der Waals surface area contributed by atoms with Crippen LogP contribution in [0.5, 0.6) is 0 Å². The van der Waals surface area contributed by atoms with Crippen LogP contribution < -0.4 is 11.1 Å². The topological polar surface area (TPSA) is 105 Å². The van der Waals surface area contributed by atoms with Crippen molar-refractivity contribution >= 4 is 23.3 Å². The summed E-state index contributed by atoms with van der Waals surface area (Å²) in [4.78, 5) is 26.6. The number of halogens is 2. The molecule has 1 aromatic carbocycles. The minimum absolute atomic E-state index is 0.0507. The summed E-state index contributed by atoms with van der Waals surface area (Å²) < 4.78 is 26.2. The highest BCUT2D eigenvalue weighted by atomic mass is 19.2. The minimum Gasteiger partial charge on any atom is -0.478 e. The van der Waals surface area contributed by atoms with Crippen molar-refractivity contribution in [2.24, 2.45) is 0 Å². The zero-order valence-electron chi connectivity index (χ0n) is 10.4. The highest BCUT2D eigenvalue weighted by Crippen LogP contribution is 2.21. The van der Waals surface area contributed by atoms with Gasteiger partial charge < -0.3 is 16.2 Å². The number of nitrogen functional groups attached to an aromatic ring is 1. The maximum atomic E-state index is 13.2. The number of nitrogens with zero attached hydrogens (tertiary/aromatic N) is 1. The summed E-state index contributed by atoms with van der Waals surface area (Å²) in [6, 6.07) is 3.81. The number of anilines is 2. The molecule has 8 heteroatoms. The van der Waals surface area contributed by atoms with Crippen LogP contribution in [0.4, 0.5) is 20.2 Å². The molecule has 4 N–H and O–H groups in total. The summed E-state index contributed by atoms with van der Waals surface area (Å²) in [6.45, 7) is 0. The third-order valence-electron chi connectivity index (χ3n) is 2.56. The largest absolute Gasteiger partial charge is 0.478 e. The van der Waals surface area contributed by atoms with E-state index in [0.717, 1.165) is 0 Å². The fourth-order valence-electron chi connectivity index (χ4n) is 1.55. The molecule has 0 unspecified atom stereocenters. The Hall–Kier alpha value is -3.03. The van der Waals surface area contributed by atoms with Gasteiger partial charge in [0.1, 0.15) is 5.69 Å². The predicted octanol–water partition coefficient (Wildman–Crippen LogP) is 1.89. The number of carbonyl (C=O) groups is 2. The van der Waals surface area contributed by atoms with Crippen molar-refractivity contribution in [1.29, 1.82) is 0 Å². The standard InChI is InChI=1S/C13H9F2N3O3/c14-8-3-7(13(20)21)11(4-9(8)15)18-12(19)10-2-1-6(16)5-17-10/h1-5H,16H2,(H,18,19)(H,20,21). The summed E-state index contributed by atoms with van der Waals surface area (Å²) in [5.41, 5.74) is 4.76. The molecule has 0 spiro atoms. The number of hydrogen-bond acceptors (Lipinski definition) is 4. The van der Waals surface area contributed by atoms with Gasteiger partial charge in [-0.2, -0.15) is 0 Å². The number of carboxylic acid groups (broad SMARTS) is 1. The summed E-state index contributed by atoms with van der Waals surface area (Å²) >= 11 is 0. The van der Waals surface area contributed by atoms with E-state index in [1.54, 1.807) is 0 Å². The Kier molecular flexibility index (Phi) is 3.79. The molecule has 0 aliphatic rings. The van der Waals surface area contributed by atoms with E-state index >= 15 is 0 Å². The van der Waals surface area contributed by atoms with Crippen LogP contribution in [-0.2, 0) is 0 Å². The van der Waals surface area contributed by atoms with Crippen molar-refractivity contribution in [2.45, 2.75) is 0 Å². The Bertz CT molecular complexity index is 717. The number of benzene rings is 1. The third-order valence-corrected chi connectivity index (χ3v) is 2.56. The molecule has 108 valence electrons. The molecule has 1 heterocycles. The Balaban J connectivity index is 2.34. The average Bonchev–Trinajstić information content (AvgIpc) is 2.43. The molecule has 1 aromatic heterocycles. The average molecular weight is 293 g/mol. The summed E-state index contributed by atoms with van der Waals surface area (Å²) in [7, 11) is 0. The first-order chi connectivity index (χ1) is 9.88. The van der Waals surface area contributed by atoms with E-state index in [4.69, 9.17) is 10.8 Å². The zero-order chi connectivity index (χ0) is 15.6. The summed E-state index contributed by atoms with van der Waals surface area (Å²) in [6.07, 6.45) is 1.23. The number of nitrogens with two attached hydrogens (primary N) is 1. The van der Waals surface area contributed by atoms with Gasteiger partial charge in [0, 0.05) is 6.07 Å². The van der Waals surface area contributed by atoms with Crippen LogP contribution in [0.25, 0.3) is 0 Å². The number of hydrogen-bond donors (Lipinski definition) is 3. The molecule has 0 bridgehead atoms. The predicted molar refractivity (Wildman–Crippen MR) is 69.9 cm³/mol. The molecule has 0 aliphatic heterocycles. The van der Waals surface area contributed by atoms with Gasteiger partial charge in [0.05, 0.1) is 23.1 Å². The number of rotatable bonds is 3. The first kappa shape index (κ1) is 14.4. The lowest BCUT2D eigenvalue weighted by Gasteiger charge is -2.09. The Morgan fingerprint density at radius 1 is 1.19 bits per heavy atom. The van der Waals surface area contributed by atoms with Crippen LogP contribution in [0.15, 0.2) is 30.5 Å². The van der Waals surface area contributed by atoms with Crippen LogP contribution in [0.3, 0.4) is 0 Å². The molecular weight excluding hydrogens is 284 g/mol. The minimum atomic E-state index is -1.51. The highest BCUT2D eigenvalue weighted by molar-refractivity contribution is 6.06. The fraction of sp³-hybridized carbons (Fsp3) is 0. The smallest absolute Gasteiger partial charge is 0.337 e. The second-order valence-corrected chi connectivity index (χ2v) is 4.05. The van der Waals surface area contributed by atoms with Gasteiger partial charge in [-0.15, -0.1) is 0 Å². The number of amides is 1. The van der Waals surface area contributed by atoms with Crippen LogP contribution in [-0.4, -0.2) is 22.0 Å². The molecular formula is C13H9F2N3O3. The lowest BCUT2D eigenvalue weighted by atomic mass is 10.1. The van der Waals surface area contributed by atoms with Gasteiger partial charge in [-0.3, -0.25) is 4.79 Å². The SMILES string of the molecule is Nc1ccc(C(=O)Nc2cc(F)c(F)cc2C(=O)O)nc1. The second kappa shape index (κ2) is 5.53. The van der Waals surface area contributed by atoms with Crippen LogP contribution in [0.2, 0.25) is 0 Å². The molecule has 6 nitrogen and oxygen atoms in total. The molecule has 0 aliphatic carbocycles. The number of pyridine rings is 1. The highest BCUT2D eigenvalue weighted by Gasteiger charge is 2.18. The quantitative estimate of drug-likeness (QED) is 0.801. The van der Waals surface area contributed by atoms with Crippen molar-refractivity contribution in [1.82, 2.24) is 4.98 Å². The second-order valence-electron chi connectivity index (χ2n) is 4.05. The molecule has 1 amide bonds. The zero-order valence-corrected chi connectivity index (χ0v) is 10.4. The fourth-order valence-corrected chi connectivity index (χ4v) is 1.55. The number of carbonyl (C=O) groups excluding carboxylic acids is 1. The van der Waals surface area contributed by atoms with Crippen molar-refractivity contribution < 1.29 is 23.5 Å². The Labute approximate surface area is 117 Å². The van der Waals surface area contributed by atoms with Crippen LogP contribution in [0, 0.1) is 11.6 Å². The van der Waals surface area contributed by atoms with Crippen molar-refractivity contribution in [3.63, 3.8) is 0 Å².